The van der Waals surface area contributed by atoms with Crippen LogP contribution in [0.25, 0.3) is 11.4 Å². The van der Waals surface area contributed by atoms with Gasteiger partial charge < -0.3 is 24.0 Å². The maximum Gasteiger partial charge on any atom is 0.254 e. The second-order valence-electron chi connectivity index (χ2n) is 8.05. The molecule has 0 N–H and O–H groups in total. The number of aromatic nitrogens is 2. The average Bonchev–Trinajstić information content (AvgIpc) is 3.34. The van der Waals surface area contributed by atoms with Gasteiger partial charge in [0.15, 0.2) is 0 Å². The van der Waals surface area contributed by atoms with Crippen LogP contribution in [-0.4, -0.2) is 79.2 Å². The van der Waals surface area contributed by atoms with Gasteiger partial charge in [0.1, 0.15) is 12.6 Å². The number of ether oxygens (including phenoxy) is 1. The standard InChI is InChI=1S/C24H27N5O4/c1-27(2)19-11-9-18(10-12-19)24(31)28-13-14-29(21(30)16-32-3)20(15-28)23-25-22(26-33-23)17-7-5-4-6-8-17/h4-12,20H,13-16H2,1-3H3. The molecule has 1 aromatic heterocycles. The molecule has 1 fully saturated rings. The highest BCUT2D eigenvalue weighted by molar-refractivity contribution is 5.94. The number of hydrogen-bond donors (Lipinski definition) is 0. The summed E-state index contributed by atoms with van der Waals surface area (Å²) in [7, 11) is 5.38. The third kappa shape index (κ3) is 4.88. The number of benzene rings is 2. The van der Waals surface area contributed by atoms with Crippen molar-refractivity contribution >= 4 is 17.5 Å². The predicted molar refractivity (Wildman–Crippen MR) is 123 cm³/mol. The first-order chi connectivity index (χ1) is 16.0. The fourth-order valence-electron chi connectivity index (χ4n) is 3.84. The van der Waals surface area contributed by atoms with Gasteiger partial charge in [0, 0.05) is 51.1 Å². The SMILES string of the molecule is COCC(=O)N1CCN(C(=O)c2ccc(N(C)C)cc2)CC1c1nc(-c2ccccc2)no1. The third-order valence-electron chi connectivity index (χ3n) is 5.65. The highest BCUT2D eigenvalue weighted by Crippen LogP contribution is 2.28. The fourth-order valence-corrected chi connectivity index (χ4v) is 3.84. The van der Waals surface area contributed by atoms with Crippen LogP contribution in [0, 0.1) is 0 Å². The summed E-state index contributed by atoms with van der Waals surface area (Å²) in [5.74, 6) is 0.433. The Kier molecular flexibility index (Phi) is 6.69. The Hall–Kier alpha value is -3.72. The zero-order valence-electron chi connectivity index (χ0n) is 19.0. The molecule has 9 nitrogen and oxygen atoms in total. The first kappa shape index (κ1) is 22.5. The largest absolute Gasteiger partial charge is 0.378 e. The van der Waals surface area contributed by atoms with E-state index in [1.807, 2.05) is 73.6 Å². The molecule has 172 valence electrons. The summed E-state index contributed by atoms with van der Waals surface area (Å²) in [6.07, 6.45) is 0. The second-order valence-corrected chi connectivity index (χ2v) is 8.05. The lowest BCUT2D eigenvalue weighted by Crippen LogP contribution is -2.53. The number of anilines is 1. The number of amides is 2. The Morgan fingerprint density at radius 3 is 2.48 bits per heavy atom. The van der Waals surface area contributed by atoms with E-state index in [0.29, 0.717) is 30.4 Å². The van der Waals surface area contributed by atoms with Crippen molar-refractivity contribution in [3.63, 3.8) is 0 Å². The fraction of sp³-hybridized carbons (Fsp3) is 0.333. The lowest BCUT2D eigenvalue weighted by molar-refractivity contribution is -0.140. The van der Waals surface area contributed by atoms with Gasteiger partial charge in [-0.05, 0) is 24.3 Å². The highest BCUT2D eigenvalue weighted by atomic mass is 16.5. The van der Waals surface area contributed by atoms with Crippen LogP contribution in [0.15, 0.2) is 59.1 Å². The molecule has 2 heterocycles. The van der Waals surface area contributed by atoms with Crippen LogP contribution in [0.2, 0.25) is 0 Å². The minimum absolute atomic E-state index is 0.0594. The van der Waals surface area contributed by atoms with Gasteiger partial charge in [0.25, 0.3) is 11.8 Å². The molecule has 0 bridgehead atoms. The zero-order chi connectivity index (χ0) is 23.4. The Morgan fingerprint density at radius 1 is 1.09 bits per heavy atom. The van der Waals surface area contributed by atoms with Gasteiger partial charge in [-0.15, -0.1) is 0 Å². The zero-order valence-corrected chi connectivity index (χ0v) is 19.0. The van der Waals surface area contributed by atoms with Crippen molar-refractivity contribution in [2.24, 2.45) is 0 Å². The van der Waals surface area contributed by atoms with Gasteiger partial charge in [-0.25, -0.2) is 0 Å². The number of hydrogen-bond acceptors (Lipinski definition) is 7. The van der Waals surface area contributed by atoms with Crippen molar-refractivity contribution in [3.8, 4) is 11.4 Å². The maximum atomic E-state index is 13.2. The van der Waals surface area contributed by atoms with Crippen molar-refractivity contribution in [3.05, 3.63) is 66.1 Å². The smallest absolute Gasteiger partial charge is 0.254 e. The molecule has 1 unspecified atom stereocenters. The average molecular weight is 450 g/mol. The first-order valence-electron chi connectivity index (χ1n) is 10.7. The van der Waals surface area contributed by atoms with Gasteiger partial charge >= 0.3 is 0 Å². The minimum Gasteiger partial charge on any atom is -0.378 e. The van der Waals surface area contributed by atoms with E-state index in [-0.39, 0.29) is 25.0 Å². The molecular formula is C24H27N5O4. The first-order valence-corrected chi connectivity index (χ1v) is 10.7. The van der Waals surface area contributed by atoms with E-state index in [9.17, 15) is 9.59 Å². The van der Waals surface area contributed by atoms with Crippen LogP contribution in [0.1, 0.15) is 22.3 Å². The predicted octanol–water partition coefficient (Wildman–Crippen LogP) is 2.47. The summed E-state index contributed by atoms with van der Waals surface area (Å²) in [5, 5.41) is 4.09. The van der Waals surface area contributed by atoms with Crippen LogP contribution in [0.4, 0.5) is 5.69 Å². The molecular weight excluding hydrogens is 422 g/mol. The molecule has 0 spiro atoms. The topological polar surface area (TPSA) is 92.0 Å². The van der Waals surface area contributed by atoms with Crippen LogP contribution >= 0.6 is 0 Å². The van der Waals surface area contributed by atoms with Gasteiger partial charge in [-0.1, -0.05) is 35.5 Å². The van der Waals surface area contributed by atoms with Crippen LogP contribution in [0.3, 0.4) is 0 Å². The quantitative estimate of drug-likeness (QED) is 0.571. The van der Waals surface area contributed by atoms with Gasteiger partial charge in [-0.2, -0.15) is 4.98 Å². The highest BCUT2D eigenvalue weighted by Gasteiger charge is 2.37. The van der Waals surface area contributed by atoms with Crippen molar-refractivity contribution in [1.82, 2.24) is 19.9 Å². The number of nitrogens with zero attached hydrogens (tertiary/aromatic N) is 5. The maximum absolute atomic E-state index is 13.2. The number of rotatable bonds is 6. The molecule has 4 rings (SSSR count). The van der Waals surface area contributed by atoms with Crippen LogP contribution in [0.5, 0.6) is 0 Å². The Morgan fingerprint density at radius 2 is 1.82 bits per heavy atom. The van der Waals surface area contributed by atoms with E-state index < -0.39 is 6.04 Å². The molecule has 2 aromatic carbocycles. The van der Waals surface area contributed by atoms with Crippen LogP contribution < -0.4 is 4.90 Å². The summed E-state index contributed by atoms with van der Waals surface area (Å²) in [5.41, 5.74) is 2.41. The van der Waals surface area contributed by atoms with Crippen molar-refractivity contribution < 1.29 is 18.8 Å². The lowest BCUT2D eigenvalue weighted by Gasteiger charge is -2.39. The molecule has 1 aliphatic heterocycles. The van der Waals surface area contributed by atoms with Crippen molar-refractivity contribution in [2.45, 2.75) is 6.04 Å². The lowest BCUT2D eigenvalue weighted by atomic mass is 10.1. The number of carbonyl (C=O) groups excluding carboxylic acids is 2. The van der Waals surface area contributed by atoms with Gasteiger partial charge in [-0.3, -0.25) is 9.59 Å². The molecule has 2 amide bonds. The van der Waals surface area contributed by atoms with Crippen LogP contribution in [-0.2, 0) is 9.53 Å². The van der Waals surface area contributed by atoms with E-state index >= 15 is 0 Å². The Labute approximate surface area is 192 Å². The minimum atomic E-state index is -0.559. The van der Waals surface area contributed by atoms with E-state index in [0.717, 1.165) is 11.3 Å². The third-order valence-corrected chi connectivity index (χ3v) is 5.65. The molecule has 0 radical (unpaired) electrons. The molecule has 1 atom stereocenters. The van der Waals surface area contributed by atoms with E-state index in [2.05, 4.69) is 10.1 Å². The summed E-state index contributed by atoms with van der Waals surface area (Å²) < 4.78 is 10.6. The molecule has 0 saturated carbocycles. The number of methoxy groups -OCH3 is 1. The van der Waals surface area contributed by atoms with E-state index in [1.165, 1.54) is 7.11 Å². The summed E-state index contributed by atoms with van der Waals surface area (Å²) in [4.78, 5) is 35.8. The van der Waals surface area contributed by atoms with Crippen molar-refractivity contribution in [1.29, 1.82) is 0 Å². The van der Waals surface area contributed by atoms with Gasteiger partial charge in [0.05, 0.1) is 6.54 Å². The van der Waals surface area contributed by atoms with Gasteiger partial charge in [0.2, 0.25) is 11.7 Å². The number of carbonyl (C=O) groups is 2. The molecule has 9 heteroatoms. The molecule has 0 aliphatic carbocycles. The normalized spacial score (nSPS) is 16.0. The molecule has 3 aromatic rings. The summed E-state index contributed by atoms with van der Waals surface area (Å²) in [6, 6.07) is 16.4. The monoisotopic (exact) mass is 449 g/mol. The molecule has 33 heavy (non-hydrogen) atoms. The van der Waals surface area contributed by atoms with E-state index in [4.69, 9.17) is 9.26 Å². The second kappa shape index (κ2) is 9.83. The summed E-state index contributed by atoms with van der Waals surface area (Å²) >= 11 is 0. The molecule has 1 aliphatic rings. The van der Waals surface area contributed by atoms with E-state index in [1.54, 1.807) is 9.80 Å². The number of piperazine rings is 1. The Bertz CT molecular complexity index is 1100. The molecule has 1 saturated heterocycles. The van der Waals surface area contributed by atoms with Crippen molar-refractivity contribution in [2.75, 3.05) is 52.3 Å². The summed E-state index contributed by atoms with van der Waals surface area (Å²) in [6.45, 7) is 0.938. The Balaban J connectivity index is 1.58.